The van der Waals surface area contributed by atoms with Crippen LogP contribution in [0.25, 0.3) is 0 Å². The first-order valence-electron chi connectivity index (χ1n) is 15.9. The number of aliphatic hydroxyl groups is 1. The van der Waals surface area contributed by atoms with Gasteiger partial charge in [0, 0.05) is 30.9 Å². The fourth-order valence-corrected chi connectivity index (χ4v) is 5.00. The Morgan fingerprint density at radius 3 is 2.46 bits per heavy atom. The van der Waals surface area contributed by atoms with E-state index in [2.05, 4.69) is 16.0 Å². The van der Waals surface area contributed by atoms with Gasteiger partial charge >= 0.3 is 18.0 Å². The summed E-state index contributed by atoms with van der Waals surface area (Å²) in [5.41, 5.74) is 0.926. The molecule has 2 aromatic rings. The zero-order valence-electron chi connectivity index (χ0n) is 28.3. The molecule has 50 heavy (non-hydrogen) atoms. The number of hydrogen-bond acceptors (Lipinski definition) is 13. The van der Waals surface area contributed by atoms with Crippen LogP contribution in [-0.2, 0) is 28.5 Å². The number of hydrogen-bond donors (Lipinski definition) is 4. The van der Waals surface area contributed by atoms with E-state index in [1.54, 1.807) is 19.9 Å². The highest BCUT2D eigenvalue weighted by Crippen LogP contribution is 2.40. The topological polar surface area (TPSA) is 197 Å². The number of nitro groups is 1. The molecular weight excluding hydrogens is 676 g/mol. The van der Waals surface area contributed by atoms with Crippen LogP contribution in [0.2, 0.25) is 0 Å². The molecule has 0 spiro atoms. The molecule has 0 saturated carbocycles. The molecule has 3 rings (SSSR count). The average molecular weight is 721 g/mol. The number of nitrogens with one attached hydrogen (secondary N) is 3. The van der Waals surface area contributed by atoms with Crippen molar-refractivity contribution in [2.24, 2.45) is 0 Å². The van der Waals surface area contributed by atoms with Crippen molar-refractivity contribution in [1.29, 1.82) is 0 Å². The number of alkyl carbamates (subject to hydrolysis) is 1. The standard InChI is InChI=1S/C34H44N4O11.ClH/c1-4-47-33(41)31-28(37-23(2)29(32(40)45-3)30(31)24-11-10-12-25(19-24)38(43)44)22-46-18-16-36-34(42)48-17-9-8-15-35-20-26(39)21-49-27-13-6-5-7-14-27;/h5-7,10-14,19,26,30,35,37,39H,4,8-9,15-18,20-22H2,1-3H3,(H,36,42);1H. The molecule has 2 atom stereocenters. The van der Waals surface area contributed by atoms with Crippen LogP contribution in [0.3, 0.4) is 0 Å². The Balaban J connectivity index is 0.00000867. The van der Waals surface area contributed by atoms with Gasteiger partial charge in [0.2, 0.25) is 0 Å². The maximum atomic E-state index is 13.3. The van der Waals surface area contributed by atoms with Gasteiger partial charge in [-0.3, -0.25) is 10.1 Å². The second kappa shape index (κ2) is 22.1. The number of allylic oxidation sites excluding steroid dienone is 1. The highest BCUT2D eigenvalue weighted by atomic mass is 35.5. The fourth-order valence-electron chi connectivity index (χ4n) is 5.00. The molecule has 0 saturated heterocycles. The van der Waals surface area contributed by atoms with Gasteiger partial charge in [0.1, 0.15) is 18.5 Å². The van der Waals surface area contributed by atoms with Crippen molar-refractivity contribution in [2.45, 2.75) is 38.7 Å². The van der Waals surface area contributed by atoms with Gasteiger partial charge in [-0.15, -0.1) is 12.4 Å². The number of esters is 2. The Bertz CT molecular complexity index is 1490. The number of aliphatic hydroxyl groups excluding tert-OH is 1. The summed E-state index contributed by atoms with van der Waals surface area (Å²) in [6.45, 7) is 4.75. The lowest BCUT2D eigenvalue weighted by Gasteiger charge is -2.31. The third-order valence-electron chi connectivity index (χ3n) is 7.27. The first-order chi connectivity index (χ1) is 23.7. The Morgan fingerprint density at radius 2 is 1.76 bits per heavy atom. The predicted octanol–water partition coefficient (Wildman–Crippen LogP) is 3.52. The van der Waals surface area contributed by atoms with Crippen LogP contribution < -0.4 is 20.7 Å². The van der Waals surface area contributed by atoms with E-state index >= 15 is 0 Å². The molecule has 0 fully saturated rings. The average Bonchev–Trinajstić information content (AvgIpc) is 3.10. The third kappa shape index (κ3) is 13.0. The van der Waals surface area contributed by atoms with E-state index in [-0.39, 0.29) is 68.8 Å². The molecule has 274 valence electrons. The SMILES string of the molecule is CCOC(=O)C1=C(COCCNC(=O)OCCCCNCC(O)COc2ccccc2)NC(C)=C(C(=O)OC)C1c1cccc([N+](=O)[O-])c1.Cl. The number of unbranched alkanes of at least 4 members (excludes halogenated alkanes) is 1. The zero-order valence-corrected chi connectivity index (χ0v) is 29.1. The highest BCUT2D eigenvalue weighted by molar-refractivity contribution is 6.00. The van der Waals surface area contributed by atoms with Crippen LogP contribution in [-0.4, -0.2) is 93.9 Å². The van der Waals surface area contributed by atoms with E-state index in [9.17, 15) is 29.6 Å². The number of rotatable bonds is 20. The summed E-state index contributed by atoms with van der Waals surface area (Å²) < 4.78 is 26.8. The van der Waals surface area contributed by atoms with Gasteiger partial charge in [0.25, 0.3) is 5.69 Å². The molecule has 2 unspecified atom stereocenters. The van der Waals surface area contributed by atoms with Crippen molar-refractivity contribution in [3.05, 3.63) is 92.8 Å². The number of halogens is 1. The van der Waals surface area contributed by atoms with Crippen molar-refractivity contribution in [3.8, 4) is 5.75 Å². The van der Waals surface area contributed by atoms with Gasteiger partial charge in [-0.2, -0.15) is 0 Å². The molecule has 2 aromatic carbocycles. The largest absolute Gasteiger partial charge is 0.491 e. The summed E-state index contributed by atoms with van der Waals surface area (Å²) in [5.74, 6) is -1.79. The molecule has 1 heterocycles. The Labute approximate surface area is 296 Å². The van der Waals surface area contributed by atoms with Crippen LogP contribution in [0.4, 0.5) is 10.5 Å². The first-order valence-corrected chi connectivity index (χ1v) is 15.9. The van der Waals surface area contributed by atoms with Crippen molar-refractivity contribution in [2.75, 3.05) is 59.8 Å². The van der Waals surface area contributed by atoms with Crippen LogP contribution in [0.5, 0.6) is 5.75 Å². The maximum Gasteiger partial charge on any atom is 0.407 e. The lowest BCUT2D eigenvalue weighted by Crippen LogP contribution is -2.35. The van der Waals surface area contributed by atoms with Crippen molar-refractivity contribution in [1.82, 2.24) is 16.0 Å². The minimum absolute atomic E-state index is 0. The van der Waals surface area contributed by atoms with E-state index < -0.39 is 35.0 Å². The molecule has 0 aliphatic carbocycles. The number of carbonyl (C=O) groups excluding carboxylic acids is 3. The second-order valence-corrected chi connectivity index (χ2v) is 10.9. The lowest BCUT2D eigenvalue weighted by atomic mass is 9.80. The number of methoxy groups -OCH3 is 1. The van der Waals surface area contributed by atoms with Gasteiger partial charge in [0.15, 0.2) is 0 Å². The van der Waals surface area contributed by atoms with Crippen LogP contribution in [0.1, 0.15) is 38.2 Å². The molecule has 0 radical (unpaired) electrons. The highest BCUT2D eigenvalue weighted by Gasteiger charge is 2.39. The first kappa shape index (κ1) is 41.5. The molecular formula is C34H45ClN4O11. The summed E-state index contributed by atoms with van der Waals surface area (Å²) in [7, 11) is 1.20. The van der Waals surface area contributed by atoms with Crippen molar-refractivity contribution >= 4 is 36.1 Å². The summed E-state index contributed by atoms with van der Waals surface area (Å²) in [6, 6.07) is 14.9. The van der Waals surface area contributed by atoms with E-state index in [0.717, 1.165) is 6.42 Å². The zero-order chi connectivity index (χ0) is 35.6. The lowest BCUT2D eigenvalue weighted by molar-refractivity contribution is -0.384. The van der Waals surface area contributed by atoms with E-state index in [0.29, 0.717) is 42.2 Å². The summed E-state index contributed by atoms with van der Waals surface area (Å²) >= 11 is 0. The Morgan fingerprint density at radius 1 is 1.00 bits per heavy atom. The number of para-hydroxylation sites is 1. The number of dihydropyridines is 1. The Hall–Kier alpha value is -4.70. The summed E-state index contributed by atoms with van der Waals surface area (Å²) in [6.07, 6.45) is 0.0880. The number of benzene rings is 2. The number of carbonyl (C=O) groups is 3. The van der Waals surface area contributed by atoms with E-state index in [1.807, 2.05) is 30.3 Å². The van der Waals surface area contributed by atoms with Gasteiger partial charge in [-0.25, -0.2) is 14.4 Å². The summed E-state index contributed by atoms with van der Waals surface area (Å²) in [5, 5.41) is 30.3. The minimum atomic E-state index is -1.03. The molecule has 1 amide bonds. The molecule has 0 aromatic heterocycles. The molecule has 16 heteroatoms. The normalized spacial score (nSPS) is 14.5. The quantitative estimate of drug-likeness (QED) is 0.0510. The van der Waals surface area contributed by atoms with Crippen molar-refractivity contribution in [3.63, 3.8) is 0 Å². The Kier molecular flexibility index (Phi) is 18.3. The molecule has 1 aliphatic heterocycles. The summed E-state index contributed by atoms with van der Waals surface area (Å²) in [4.78, 5) is 49.2. The molecule has 0 bridgehead atoms. The molecule has 1 aliphatic rings. The number of non-ortho nitro benzene ring substituents is 1. The number of nitrogens with zero attached hydrogens (tertiary/aromatic N) is 1. The van der Waals surface area contributed by atoms with Gasteiger partial charge in [0.05, 0.1) is 61.2 Å². The molecule has 15 nitrogen and oxygen atoms in total. The molecule has 4 N–H and O–H groups in total. The van der Waals surface area contributed by atoms with E-state index in [1.165, 1.54) is 25.3 Å². The van der Waals surface area contributed by atoms with Gasteiger partial charge < -0.3 is 44.7 Å². The van der Waals surface area contributed by atoms with Crippen LogP contribution in [0, 0.1) is 10.1 Å². The smallest absolute Gasteiger partial charge is 0.407 e. The second-order valence-electron chi connectivity index (χ2n) is 10.9. The van der Waals surface area contributed by atoms with Gasteiger partial charge in [-0.1, -0.05) is 30.3 Å². The number of amides is 1. The van der Waals surface area contributed by atoms with Crippen LogP contribution >= 0.6 is 12.4 Å². The fraction of sp³-hybridized carbons (Fsp3) is 0.441. The number of nitro benzene ring substituents is 1. The minimum Gasteiger partial charge on any atom is -0.491 e. The third-order valence-corrected chi connectivity index (χ3v) is 7.27. The maximum absolute atomic E-state index is 13.3. The van der Waals surface area contributed by atoms with E-state index in [4.69, 9.17) is 23.7 Å². The van der Waals surface area contributed by atoms with Crippen molar-refractivity contribution < 1.29 is 48.1 Å². The monoisotopic (exact) mass is 720 g/mol. The number of ether oxygens (including phenoxy) is 5. The van der Waals surface area contributed by atoms with Gasteiger partial charge in [-0.05, 0) is 50.9 Å². The predicted molar refractivity (Wildman–Crippen MR) is 185 cm³/mol. The van der Waals surface area contributed by atoms with Crippen LogP contribution in [0.15, 0.2) is 77.1 Å².